The summed E-state index contributed by atoms with van der Waals surface area (Å²) in [7, 11) is 0. The lowest BCUT2D eigenvalue weighted by atomic mass is 9.49. The normalized spacial score (nSPS) is 25.1. The average molecular weight is 814 g/mol. The number of nitrogens with zero attached hydrogens (tertiary/aromatic N) is 6. The molecule has 59 heavy (non-hydrogen) atoms. The number of ether oxygens (including phenoxy) is 1. The first kappa shape index (κ1) is 38.7. The maximum atomic E-state index is 13.8. The number of anilines is 1. The van der Waals surface area contributed by atoms with Crippen molar-refractivity contribution in [1.82, 2.24) is 25.0 Å². The van der Waals surface area contributed by atoms with E-state index in [-0.39, 0.29) is 53.2 Å². The van der Waals surface area contributed by atoms with Crippen LogP contribution >= 0.6 is 11.6 Å². The molecule has 3 saturated heterocycles. The van der Waals surface area contributed by atoms with Gasteiger partial charge in [-0.2, -0.15) is 0 Å². The summed E-state index contributed by atoms with van der Waals surface area (Å²) in [6, 6.07) is 11.7. The monoisotopic (exact) mass is 813 g/mol. The van der Waals surface area contributed by atoms with Gasteiger partial charge in [0.1, 0.15) is 23.6 Å². The van der Waals surface area contributed by atoms with Crippen molar-refractivity contribution in [2.45, 2.75) is 84.2 Å². The third kappa shape index (κ3) is 6.43. The van der Waals surface area contributed by atoms with Crippen LogP contribution < -0.4 is 15.0 Å². The fourth-order valence-electron chi connectivity index (χ4n) is 10.6. The van der Waals surface area contributed by atoms with Crippen molar-refractivity contribution in [3.63, 3.8) is 0 Å². The number of benzene rings is 2. The van der Waals surface area contributed by atoms with E-state index in [1.807, 2.05) is 17.0 Å². The Balaban J connectivity index is 0.777. The SMILES string of the molecule is [C-]#[N+]c1ccc(OC2C(C)(C)C(N3Cc4cc(C#CC5CCN(C6CN(c7ccc8c(c7)C(=O)N(C7CCC(=O)NC7=O)C8=O)C6)CC5)cnc4C3=O)C2(C)C)cc1Cl. The third-order valence-corrected chi connectivity index (χ3v) is 13.6. The number of carbonyl (C=O) groups excluding carboxylic acids is 5. The minimum Gasteiger partial charge on any atom is -0.489 e. The minimum absolute atomic E-state index is 0.0771. The van der Waals surface area contributed by atoms with Crippen LogP contribution in [0.15, 0.2) is 48.7 Å². The number of halogens is 1. The summed E-state index contributed by atoms with van der Waals surface area (Å²) in [5.74, 6) is 5.60. The van der Waals surface area contributed by atoms with Gasteiger partial charge in [0, 0.05) is 77.9 Å². The molecule has 13 nitrogen and oxygen atoms in total. The molecule has 5 aliphatic heterocycles. The predicted molar refractivity (Wildman–Crippen MR) is 218 cm³/mol. The summed E-state index contributed by atoms with van der Waals surface area (Å²) < 4.78 is 6.47. The van der Waals surface area contributed by atoms with Gasteiger partial charge in [0.05, 0.1) is 22.7 Å². The number of hydrogen-bond donors (Lipinski definition) is 1. The molecule has 9 rings (SSSR count). The van der Waals surface area contributed by atoms with Crippen LogP contribution in [0.4, 0.5) is 11.4 Å². The predicted octanol–water partition coefficient (Wildman–Crippen LogP) is 5.48. The molecule has 4 fully saturated rings. The maximum Gasteiger partial charge on any atom is 0.273 e. The first-order valence-electron chi connectivity index (χ1n) is 20.2. The van der Waals surface area contributed by atoms with Gasteiger partial charge in [-0.05, 0) is 68.8 Å². The van der Waals surface area contributed by atoms with Gasteiger partial charge in [0.15, 0.2) is 0 Å². The minimum atomic E-state index is -0.982. The Morgan fingerprint density at radius 2 is 1.64 bits per heavy atom. The van der Waals surface area contributed by atoms with E-state index in [2.05, 4.69) is 64.5 Å². The molecule has 0 radical (unpaired) electrons. The number of pyridine rings is 1. The molecule has 0 bridgehead atoms. The molecule has 1 N–H and O–H groups in total. The number of hydrogen-bond acceptors (Lipinski definition) is 9. The molecule has 1 aliphatic carbocycles. The van der Waals surface area contributed by atoms with Crippen LogP contribution in [0.5, 0.6) is 5.75 Å². The Morgan fingerprint density at radius 3 is 2.34 bits per heavy atom. The molecular weight excluding hydrogens is 770 g/mol. The number of amides is 5. The second kappa shape index (κ2) is 14.2. The molecule has 302 valence electrons. The van der Waals surface area contributed by atoms with E-state index in [4.69, 9.17) is 22.9 Å². The molecule has 1 unspecified atom stereocenters. The number of likely N-dealkylation sites (tertiary alicyclic amines) is 1. The van der Waals surface area contributed by atoms with Crippen molar-refractivity contribution < 1.29 is 28.7 Å². The Labute approximate surface area is 347 Å². The molecule has 14 heteroatoms. The maximum absolute atomic E-state index is 13.8. The fraction of sp³-hybridized carbons (Fsp3) is 0.444. The number of rotatable bonds is 6. The number of fused-ring (bicyclic) bond motifs is 2. The highest BCUT2D eigenvalue weighted by Gasteiger charge is 2.67. The number of nitrogens with one attached hydrogen (secondary N) is 1. The third-order valence-electron chi connectivity index (χ3n) is 13.3. The van der Waals surface area contributed by atoms with Crippen LogP contribution in [-0.2, 0) is 16.1 Å². The first-order valence-corrected chi connectivity index (χ1v) is 20.5. The van der Waals surface area contributed by atoms with Crippen LogP contribution in [0.2, 0.25) is 5.02 Å². The molecule has 1 atom stereocenters. The molecule has 5 amide bonds. The van der Waals surface area contributed by atoms with Gasteiger partial charge in [0.25, 0.3) is 17.7 Å². The van der Waals surface area contributed by atoms with Crippen LogP contribution in [-0.4, -0.2) is 99.6 Å². The summed E-state index contributed by atoms with van der Waals surface area (Å²) in [4.78, 5) is 79.9. The summed E-state index contributed by atoms with van der Waals surface area (Å²) in [5, 5.41) is 2.59. The molecule has 6 heterocycles. The van der Waals surface area contributed by atoms with Crippen LogP contribution in [0.3, 0.4) is 0 Å². The zero-order valence-corrected chi connectivity index (χ0v) is 34.1. The van der Waals surface area contributed by atoms with E-state index < -0.39 is 29.7 Å². The van der Waals surface area contributed by atoms with Crippen LogP contribution in [0, 0.1) is 35.2 Å². The lowest BCUT2D eigenvalue weighted by Gasteiger charge is -2.65. The smallest absolute Gasteiger partial charge is 0.273 e. The van der Waals surface area contributed by atoms with E-state index in [1.54, 1.807) is 36.5 Å². The molecular formula is C45H44ClN7O6. The second-order valence-corrected chi connectivity index (χ2v) is 18.2. The second-order valence-electron chi connectivity index (χ2n) is 17.7. The van der Waals surface area contributed by atoms with Gasteiger partial charge in [0.2, 0.25) is 17.5 Å². The van der Waals surface area contributed by atoms with Crippen molar-refractivity contribution in [2.75, 3.05) is 31.1 Å². The van der Waals surface area contributed by atoms with Crippen molar-refractivity contribution in [3.8, 4) is 17.6 Å². The Kier molecular flexibility index (Phi) is 9.33. The highest BCUT2D eigenvalue weighted by molar-refractivity contribution is 6.33. The Hall–Kier alpha value is -5.76. The summed E-state index contributed by atoms with van der Waals surface area (Å²) >= 11 is 6.29. The van der Waals surface area contributed by atoms with Crippen LogP contribution in [0.25, 0.3) is 4.85 Å². The van der Waals surface area contributed by atoms with E-state index in [9.17, 15) is 24.0 Å². The van der Waals surface area contributed by atoms with E-state index in [0.29, 0.717) is 40.3 Å². The van der Waals surface area contributed by atoms with E-state index >= 15 is 0 Å². The molecule has 0 spiro atoms. The van der Waals surface area contributed by atoms with Gasteiger partial charge in [-0.1, -0.05) is 57.2 Å². The zero-order chi connectivity index (χ0) is 41.5. The lowest BCUT2D eigenvalue weighted by molar-refractivity contribution is -0.199. The molecule has 1 saturated carbocycles. The topological polar surface area (TPSA) is 137 Å². The number of aromatic nitrogens is 1. The Bertz CT molecular complexity index is 2440. The standard InChI is InChI=1S/C45H44ClN7O6/c1-44(2)42(45(3,4)43(44)59-30-9-11-34(47-5)33(46)20-30)52-22-27-18-26(21-48-37(27)41(52)58)7-6-25-14-16-50(17-15-25)29-23-51(24-29)28-8-10-31-32(19-28)40(57)53(39(31)56)35-12-13-36(54)49-38(35)55/h8-11,18-21,25,29,35,42-43H,12-17,22-24H2,1-4H3,(H,49,54,55). The largest absolute Gasteiger partial charge is 0.489 e. The summed E-state index contributed by atoms with van der Waals surface area (Å²) in [6.45, 7) is 19.7. The van der Waals surface area contributed by atoms with Crippen molar-refractivity contribution in [1.29, 1.82) is 0 Å². The zero-order valence-electron chi connectivity index (χ0n) is 33.4. The lowest BCUT2D eigenvalue weighted by Crippen LogP contribution is -2.74. The summed E-state index contributed by atoms with van der Waals surface area (Å²) in [6.07, 6.45) is 3.63. The van der Waals surface area contributed by atoms with E-state index in [0.717, 1.165) is 60.7 Å². The molecule has 6 aliphatic rings. The number of piperidine rings is 2. The quantitative estimate of drug-likeness (QED) is 0.195. The highest BCUT2D eigenvalue weighted by atomic mass is 35.5. The number of imide groups is 2. The van der Waals surface area contributed by atoms with Gasteiger partial charge >= 0.3 is 0 Å². The highest BCUT2D eigenvalue weighted by Crippen LogP contribution is 2.59. The van der Waals surface area contributed by atoms with Gasteiger partial charge in [-0.3, -0.25) is 39.1 Å². The molecule has 3 aromatic rings. The van der Waals surface area contributed by atoms with Crippen molar-refractivity contribution in [3.05, 3.63) is 93.0 Å². The summed E-state index contributed by atoms with van der Waals surface area (Å²) in [5.41, 5.74) is 3.25. The average Bonchev–Trinajstić information content (AvgIpc) is 3.62. The van der Waals surface area contributed by atoms with Gasteiger partial charge < -0.3 is 14.5 Å². The van der Waals surface area contributed by atoms with E-state index in [1.165, 1.54) is 0 Å². The fourth-order valence-corrected chi connectivity index (χ4v) is 10.9. The Morgan fingerprint density at radius 1 is 0.915 bits per heavy atom. The molecule has 2 aromatic carbocycles. The number of carbonyl (C=O) groups is 5. The first-order chi connectivity index (χ1) is 28.1. The van der Waals surface area contributed by atoms with Crippen molar-refractivity contribution in [2.24, 2.45) is 16.7 Å². The van der Waals surface area contributed by atoms with Gasteiger partial charge in [-0.15, -0.1) is 0 Å². The van der Waals surface area contributed by atoms with Crippen LogP contribution in [0.1, 0.15) is 95.7 Å². The van der Waals surface area contributed by atoms with Gasteiger partial charge in [-0.25, -0.2) is 9.83 Å². The van der Waals surface area contributed by atoms with Crippen molar-refractivity contribution >= 4 is 52.5 Å². The molecule has 1 aromatic heterocycles.